The molecule has 0 aromatic rings. The third-order valence-corrected chi connectivity index (χ3v) is 4.62. The molecule has 0 bridgehead atoms. The van der Waals surface area contributed by atoms with Crippen LogP contribution in [0.5, 0.6) is 0 Å². The maximum Gasteiger partial charge on any atom is 0.399 e. The van der Waals surface area contributed by atoms with Crippen molar-refractivity contribution in [2.24, 2.45) is 0 Å². The van der Waals surface area contributed by atoms with Gasteiger partial charge in [0.05, 0.1) is 12.8 Å². The molecule has 84 valence electrons. The van der Waals surface area contributed by atoms with Crippen LogP contribution in [0.2, 0.25) is 13.1 Å². The van der Waals surface area contributed by atoms with Gasteiger partial charge in [0.2, 0.25) is 0 Å². The minimum absolute atomic E-state index is 0.165. The van der Waals surface area contributed by atoms with Crippen molar-refractivity contribution in [2.75, 3.05) is 12.8 Å². The highest BCUT2D eigenvalue weighted by Crippen LogP contribution is 2.07. The smallest absolute Gasteiger partial charge is 0.251 e. The highest BCUT2D eigenvalue weighted by molar-refractivity contribution is 7.81. The summed E-state index contributed by atoms with van der Waals surface area (Å²) in [5, 5.41) is 0. The normalized spacial score (nSPS) is 12.8. The first-order valence-electron chi connectivity index (χ1n) is 4.50. The molecule has 0 heterocycles. The predicted molar refractivity (Wildman–Crippen MR) is 58.8 cm³/mol. The molecule has 0 fully saturated rings. The van der Waals surface area contributed by atoms with E-state index >= 15 is 0 Å². The maximum absolute atomic E-state index is 11.1. The van der Waals surface area contributed by atoms with E-state index in [0.717, 1.165) is 0 Å². The third kappa shape index (κ3) is 6.31. The number of rotatable bonds is 7. The largest absolute Gasteiger partial charge is 0.399 e. The van der Waals surface area contributed by atoms with Crippen molar-refractivity contribution < 1.29 is 16.8 Å². The molecule has 4 nitrogen and oxygen atoms in total. The van der Waals surface area contributed by atoms with E-state index in [1.807, 2.05) is 20.0 Å². The second-order valence-electron chi connectivity index (χ2n) is 3.69. The van der Waals surface area contributed by atoms with Gasteiger partial charge in [0, 0.05) is 0 Å². The van der Waals surface area contributed by atoms with Crippen LogP contribution in [0.3, 0.4) is 0 Å². The van der Waals surface area contributed by atoms with Crippen LogP contribution in [-0.2, 0) is 18.8 Å². The molecule has 0 radical (unpaired) electrons. The topological polar surface area (TPSA) is 52.6 Å². The Morgan fingerprint density at radius 2 is 1.93 bits per heavy atom. The Labute approximate surface area is 87.3 Å². The van der Waals surface area contributed by atoms with Crippen molar-refractivity contribution in [2.45, 2.75) is 26.4 Å². The summed E-state index contributed by atoms with van der Waals surface area (Å²) in [6.45, 7) is 9.57. The molecule has 0 saturated heterocycles. The molecule has 0 N–H and O–H groups in total. The van der Waals surface area contributed by atoms with Crippen LogP contribution < -0.4 is 0 Å². The van der Waals surface area contributed by atoms with Gasteiger partial charge < -0.3 is 0 Å². The first-order chi connectivity index (χ1) is 6.33. The lowest BCUT2D eigenvalue weighted by Crippen LogP contribution is -2.32. The number of hydrogen-bond donors (Lipinski definition) is 0. The first kappa shape index (κ1) is 13.8. The molecule has 0 amide bonds. The van der Waals surface area contributed by atoms with E-state index in [2.05, 4.69) is 10.8 Å². The fourth-order valence-corrected chi connectivity index (χ4v) is 2.85. The van der Waals surface area contributed by atoms with Crippen LogP contribution in [0.15, 0.2) is 12.3 Å². The Morgan fingerprint density at radius 3 is 2.36 bits per heavy atom. The van der Waals surface area contributed by atoms with E-state index in [4.69, 9.17) is 4.18 Å². The van der Waals surface area contributed by atoms with E-state index in [-0.39, 0.29) is 12.8 Å². The molecular weight excluding hydrogens is 220 g/mol. The van der Waals surface area contributed by atoms with E-state index in [0.29, 0.717) is 6.42 Å². The van der Waals surface area contributed by atoms with Gasteiger partial charge in [-0.1, -0.05) is 25.7 Å². The van der Waals surface area contributed by atoms with Crippen LogP contribution in [0.4, 0.5) is 0 Å². The Morgan fingerprint density at radius 1 is 1.36 bits per heavy atom. The fraction of sp³-hybridized carbons (Fsp3) is 0.750. The lowest BCUT2D eigenvalue weighted by atomic mass is 10.5. The van der Waals surface area contributed by atoms with Gasteiger partial charge in [0.25, 0.3) is 0 Å². The zero-order valence-corrected chi connectivity index (χ0v) is 10.8. The van der Waals surface area contributed by atoms with Crippen LogP contribution >= 0.6 is 0 Å². The predicted octanol–water partition coefficient (Wildman–Crippen LogP) is 1.65. The van der Waals surface area contributed by atoms with Gasteiger partial charge in [-0.05, 0) is 6.42 Å². The van der Waals surface area contributed by atoms with Crippen LogP contribution in [0.1, 0.15) is 13.3 Å². The highest BCUT2D eigenvalue weighted by atomic mass is 32.3. The van der Waals surface area contributed by atoms with E-state index < -0.39 is 18.5 Å². The Hall–Kier alpha value is -0.173. The molecule has 0 saturated carbocycles. The SMILES string of the molecule is C=C[Si](C)(C)COS(=O)(=O)OCCC. The summed E-state index contributed by atoms with van der Waals surface area (Å²) < 4.78 is 31.5. The quantitative estimate of drug-likeness (QED) is 0.633. The summed E-state index contributed by atoms with van der Waals surface area (Å²) in [7, 11) is -5.54. The number of hydrogen-bond acceptors (Lipinski definition) is 4. The van der Waals surface area contributed by atoms with Crippen LogP contribution in [0.25, 0.3) is 0 Å². The van der Waals surface area contributed by atoms with Crippen molar-refractivity contribution >= 4 is 18.5 Å². The Kier molecular flexibility index (Phi) is 5.58. The molecule has 0 spiro atoms. The zero-order chi connectivity index (χ0) is 11.2. The molecule has 6 heteroatoms. The molecule has 0 rings (SSSR count). The monoisotopic (exact) mass is 238 g/mol. The summed E-state index contributed by atoms with van der Waals surface area (Å²) in [5.74, 6) is 0. The average Bonchev–Trinajstić information content (AvgIpc) is 2.12. The standard InChI is InChI=1S/C8H18O4SSi/c1-5-7-11-13(9,10)12-8-14(3,4)6-2/h6H,2,5,7-8H2,1,3-4H3. The zero-order valence-electron chi connectivity index (χ0n) is 8.95. The fourth-order valence-electron chi connectivity index (χ4n) is 0.502. The molecule has 0 aromatic carbocycles. The van der Waals surface area contributed by atoms with Crippen molar-refractivity contribution in [3.63, 3.8) is 0 Å². The molecular formula is C8H18O4SSi. The minimum Gasteiger partial charge on any atom is -0.251 e. The minimum atomic E-state index is -3.80. The second-order valence-corrected chi connectivity index (χ2v) is 9.65. The van der Waals surface area contributed by atoms with Gasteiger partial charge in [-0.25, -0.2) is 4.18 Å². The lowest BCUT2D eigenvalue weighted by Gasteiger charge is -2.16. The molecule has 0 atom stereocenters. The van der Waals surface area contributed by atoms with Crippen LogP contribution in [-0.4, -0.2) is 29.3 Å². The third-order valence-electron chi connectivity index (χ3n) is 1.56. The lowest BCUT2D eigenvalue weighted by molar-refractivity contribution is 0.234. The van der Waals surface area contributed by atoms with Gasteiger partial charge in [0.15, 0.2) is 0 Å². The summed E-state index contributed by atoms with van der Waals surface area (Å²) in [5.41, 5.74) is 1.78. The van der Waals surface area contributed by atoms with Crippen molar-refractivity contribution in [1.29, 1.82) is 0 Å². The second kappa shape index (κ2) is 5.65. The van der Waals surface area contributed by atoms with E-state index in [1.165, 1.54) is 0 Å². The van der Waals surface area contributed by atoms with Gasteiger partial charge in [0.1, 0.15) is 8.07 Å². The van der Waals surface area contributed by atoms with Crippen molar-refractivity contribution in [3.8, 4) is 0 Å². The van der Waals surface area contributed by atoms with Crippen LogP contribution in [0, 0.1) is 0 Å². The molecule has 0 aliphatic rings. The van der Waals surface area contributed by atoms with E-state index in [9.17, 15) is 8.42 Å². The molecule has 0 aliphatic carbocycles. The molecule has 0 aromatic heterocycles. The van der Waals surface area contributed by atoms with Gasteiger partial charge in [-0.15, -0.1) is 6.58 Å². The molecule has 14 heavy (non-hydrogen) atoms. The summed E-state index contributed by atoms with van der Waals surface area (Å²) in [6.07, 6.45) is 0.827. The van der Waals surface area contributed by atoms with Gasteiger partial charge >= 0.3 is 10.4 Å². The van der Waals surface area contributed by atoms with Crippen molar-refractivity contribution in [1.82, 2.24) is 0 Å². The Balaban J connectivity index is 4.06. The van der Waals surface area contributed by atoms with E-state index in [1.54, 1.807) is 5.70 Å². The van der Waals surface area contributed by atoms with Gasteiger partial charge in [-0.2, -0.15) is 8.42 Å². The molecule has 0 aliphatic heterocycles. The Bertz CT molecular complexity index is 271. The molecule has 0 unspecified atom stereocenters. The average molecular weight is 238 g/mol. The summed E-state index contributed by atoms with van der Waals surface area (Å²) in [4.78, 5) is 0. The highest BCUT2D eigenvalue weighted by Gasteiger charge is 2.21. The first-order valence-corrected chi connectivity index (χ1v) is 9.12. The summed E-state index contributed by atoms with van der Waals surface area (Å²) in [6, 6.07) is 0. The van der Waals surface area contributed by atoms with Gasteiger partial charge in [-0.3, -0.25) is 4.18 Å². The van der Waals surface area contributed by atoms with Crippen molar-refractivity contribution in [3.05, 3.63) is 12.3 Å². The summed E-state index contributed by atoms with van der Waals surface area (Å²) >= 11 is 0. The maximum atomic E-state index is 11.1.